The predicted octanol–water partition coefficient (Wildman–Crippen LogP) is 2.76. The fourth-order valence-electron chi connectivity index (χ4n) is 2.83. The number of nitrogens with zero attached hydrogens (tertiary/aromatic N) is 2. The Morgan fingerprint density at radius 2 is 2.15 bits per heavy atom. The Bertz CT molecular complexity index is 449. The fraction of sp³-hybridized carbons (Fsp3) is 0.625. The number of benzene rings is 1. The van der Waals surface area contributed by atoms with Crippen molar-refractivity contribution >= 4 is 17.3 Å². The van der Waals surface area contributed by atoms with E-state index in [9.17, 15) is 0 Å². The van der Waals surface area contributed by atoms with Gasteiger partial charge in [0.25, 0.3) is 0 Å². The second-order valence-electron chi connectivity index (χ2n) is 5.95. The Morgan fingerprint density at radius 1 is 1.40 bits per heavy atom. The molecule has 0 aliphatic carbocycles. The lowest BCUT2D eigenvalue weighted by Gasteiger charge is -2.40. The van der Waals surface area contributed by atoms with Gasteiger partial charge in [-0.25, -0.2) is 0 Å². The zero-order valence-corrected chi connectivity index (χ0v) is 13.5. The molecule has 1 saturated heterocycles. The molecule has 2 unspecified atom stereocenters. The van der Waals surface area contributed by atoms with Crippen LogP contribution < -0.4 is 10.6 Å². The molecule has 1 aromatic carbocycles. The van der Waals surface area contributed by atoms with Crippen molar-refractivity contribution < 1.29 is 0 Å². The van der Waals surface area contributed by atoms with E-state index >= 15 is 0 Å². The molecule has 1 aliphatic rings. The lowest BCUT2D eigenvalue weighted by Crippen LogP contribution is -2.50. The summed E-state index contributed by atoms with van der Waals surface area (Å²) in [5.41, 5.74) is 8.40. The van der Waals surface area contributed by atoms with E-state index in [0.29, 0.717) is 6.04 Å². The minimum Gasteiger partial charge on any atom is -0.366 e. The first kappa shape index (κ1) is 15.6. The van der Waals surface area contributed by atoms with Crippen LogP contribution in [0.15, 0.2) is 18.2 Å². The van der Waals surface area contributed by atoms with E-state index in [1.807, 2.05) is 0 Å². The monoisotopic (exact) mass is 295 g/mol. The standard InChI is InChI=1S/C16H26ClN3/c1-4-14(18)9-13-5-6-15(10-16(13)17)20-8-7-19(3)11-12(20)2/h5-6,10,12,14H,4,7-9,11,18H2,1-3H3. The summed E-state index contributed by atoms with van der Waals surface area (Å²) in [6.45, 7) is 7.63. The normalized spacial score (nSPS) is 22.1. The van der Waals surface area contributed by atoms with Crippen LogP contribution >= 0.6 is 11.6 Å². The van der Waals surface area contributed by atoms with E-state index in [2.05, 4.69) is 48.9 Å². The molecule has 1 heterocycles. The smallest absolute Gasteiger partial charge is 0.0459 e. The van der Waals surface area contributed by atoms with Crippen LogP contribution in [-0.2, 0) is 6.42 Å². The zero-order chi connectivity index (χ0) is 14.7. The van der Waals surface area contributed by atoms with Gasteiger partial charge < -0.3 is 15.5 Å². The molecule has 20 heavy (non-hydrogen) atoms. The third-order valence-corrected chi connectivity index (χ3v) is 4.56. The molecule has 0 amide bonds. The molecule has 1 aromatic rings. The number of rotatable bonds is 4. The maximum Gasteiger partial charge on any atom is 0.0459 e. The van der Waals surface area contributed by atoms with Crippen molar-refractivity contribution in [3.8, 4) is 0 Å². The van der Waals surface area contributed by atoms with Crippen LogP contribution in [0.1, 0.15) is 25.8 Å². The van der Waals surface area contributed by atoms with Crippen LogP contribution in [0.2, 0.25) is 5.02 Å². The summed E-state index contributed by atoms with van der Waals surface area (Å²) in [7, 11) is 2.18. The highest BCUT2D eigenvalue weighted by molar-refractivity contribution is 6.31. The van der Waals surface area contributed by atoms with Crippen LogP contribution in [-0.4, -0.2) is 43.7 Å². The summed E-state index contributed by atoms with van der Waals surface area (Å²) in [4.78, 5) is 4.81. The van der Waals surface area contributed by atoms with Gasteiger partial charge >= 0.3 is 0 Å². The van der Waals surface area contributed by atoms with Crippen LogP contribution in [0, 0.1) is 0 Å². The van der Waals surface area contributed by atoms with Crippen molar-refractivity contribution in [1.29, 1.82) is 0 Å². The molecule has 3 nitrogen and oxygen atoms in total. The lowest BCUT2D eigenvalue weighted by atomic mass is 10.0. The number of anilines is 1. The zero-order valence-electron chi connectivity index (χ0n) is 12.8. The molecule has 0 aromatic heterocycles. The molecule has 0 spiro atoms. The number of nitrogens with two attached hydrogens (primary N) is 1. The molecule has 2 N–H and O–H groups in total. The Balaban J connectivity index is 2.12. The second-order valence-corrected chi connectivity index (χ2v) is 6.36. The average Bonchev–Trinajstić information content (AvgIpc) is 2.41. The van der Waals surface area contributed by atoms with Gasteiger partial charge in [0, 0.05) is 42.4 Å². The SMILES string of the molecule is CCC(N)Cc1ccc(N2CCN(C)CC2C)cc1Cl. The summed E-state index contributed by atoms with van der Waals surface area (Å²) in [5.74, 6) is 0. The van der Waals surface area contributed by atoms with Gasteiger partial charge in [-0.2, -0.15) is 0 Å². The number of piperazine rings is 1. The van der Waals surface area contributed by atoms with Crippen LogP contribution in [0.5, 0.6) is 0 Å². The number of likely N-dealkylation sites (N-methyl/N-ethyl adjacent to an activating group) is 1. The average molecular weight is 296 g/mol. The van der Waals surface area contributed by atoms with Gasteiger partial charge in [0.1, 0.15) is 0 Å². The van der Waals surface area contributed by atoms with Gasteiger partial charge in [-0.15, -0.1) is 0 Å². The van der Waals surface area contributed by atoms with Crippen LogP contribution in [0.3, 0.4) is 0 Å². The van der Waals surface area contributed by atoms with Gasteiger partial charge in [0.05, 0.1) is 0 Å². The minimum atomic E-state index is 0.195. The van der Waals surface area contributed by atoms with Crippen LogP contribution in [0.4, 0.5) is 5.69 Å². The molecule has 4 heteroatoms. The maximum atomic E-state index is 6.43. The van der Waals surface area contributed by atoms with Gasteiger partial charge in [-0.1, -0.05) is 24.6 Å². The van der Waals surface area contributed by atoms with E-state index in [1.165, 1.54) is 5.69 Å². The van der Waals surface area contributed by atoms with Crippen molar-refractivity contribution in [3.05, 3.63) is 28.8 Å². The van der Waals surface area contributed by atoms with Crippen molar-refractivity contribution in [2.45, 2.75) is 38.8 Å². The van der Waals surface area contributed by atoms with E-state index in [-0.39, 0.29) is 6.04 Å². The van der Waals surface area contributed by atoms with Crippen molar-refractivity contribution in [2.75, 3.05) is 31.6 Å². The van der Waals surface area contributed by atoms with Gasteiger partial charge in [0.15, 0.2) is 0 Å². The highest BCUT2D eigenvalue weighted by Gasteiger charge is 2.22. The van der Waals surface area contributed by atoms with E-state index in [4.69, 9.17) is 17.3 Å². The summed E-state index contributed by atoms with van der Waals surface area (Å²) in [5, 5.41) is 0.845. The van der Waals surface area contributed by atoms with Crippen molar-refractivity contribution in [2.24, 2.45) is 5.73 Å². The molecule has 2 rings (SSSR count). The van der Waals surface area contributed by atoms with Gasteiger partial charge in [0.2, 0.25) is 0 Å². The number of hydrogen-bond donors (Lipinski definition) is 1. The number of hydrogen-bond acceptors (Lipinski definition) is 3. The Hall–Kier alpha value is -0.770. The fourth-order valence-corrected chi connectivity index (χ4v) is 3.08. The topological polar surface area (TPSA) is 32.5 Å². The number of halogens is 1. The molecule has 1 fully saturated rings. The molecular weight excluding hydrogens is 270 g/mol. The molecule has 0 radical (unpaired) electrons. The third-order valence-electron chi connectivity index (χ3n) is 4.21. The lowest BCUT2D eigenvalue weighted by molar-refractivity contribution is 0.275. The van der Waals surface area contributed by atoms with E-state index in [1.54, 1.807) is 0 Å². The molecular formula is C16H26ClN3. The molecule has 112 valence electrons. The predicted molar refractivity (Wildman–Crippen MR) is 87.7 cm³/mol. The second kappa shape index (κ2) is 6.79. The maximum absolute atomic E-state index is 6.43. The Morgan fingerprint density at radius 3 is 2.75 bits per heavy atom. The van der Waals surface area contributed by atoms with Gasteiger partial charge in [-0.3, -0.25) is 0 Å². The quantitative estimate of drug-likeness (QED) is 0.927. The van der Waals surface area contributed by atoms with Gasteiger partial charge in [-0.05, 0) is 44.5 Å². The highest BCUT2D eigenvalue weighted by Crippen LogP contribution is 2.27. The molecule has 1 aliphatic heterocycles. The third kappa shape index (κ3) is 3.66. The Kier molecular flexibility index (Phi) is 5.30. The summed E-state index contributed by atoms with van der Waals surface area (Å²) < 4.78 is 0. The molecule has 0 bridgehead atoms. The minimum absolute atomic E-state index is 0.195. The van der Waals surface area contributed by atoms with Crippen LogP contribution in [0.25, 0.3) is 0 Å². The first-order chi connectivity index (χ1) is 9.51. The first-order valence-corrected chi connectivity index (χ1v) is 7.88. The largest absolute Gasteiger partial charge is 0.366 e. The summed E-state index contributed by atoms with van der Waals surface area (Å²) >= 11 is 6.43. The Labute approximate surface area is 127 Å². The highest BCUT2D eigenvalue weighted by atomic mass is 35.5. The summed E-state index contributed by atoms with van der Waals surface area (Å²) in [6.07, 6.45) is 1.83. The first-order valence-electron chi connectivity index (χ1n) is 7.50. The van der Waals surface area contributed by atoms with Crippen molar-refractivity contribution in [1.82, 2.24) is 4.90 Å². The van der Waals surface area contributed by atoms with E-state index < -0.39 is 0 Å². The van der Waals surface area contributed by atoms with Crippen molar-refractivity contribution in [3.63, 3.8) is 0 Å². The molecule has 2 atom stereocenters. The molecule has 0 saturated carbocycles. The summed E-state index contributed by atoms with van der Waals surface area (Å²) in [6, 6.07) is 7.14. The van der Waals surface area contributed by atoms with E-state index in [0.717, 1.165) is 43.1 Å².